The monoisotopic (exact) mass is 404 g/mol. The van der Waals surface area contributed by atoms with Gasteiger partial charge in [0.05, 0.1) is 31.8 Å². The van der Waals surface area contributed by atoms with Crippen molar-refractivity contribution in [2.45, 2.75) is 33.0 Å². The van der Waals surface area contributed by atoms with Gasteiger partial charge in [0.2, 0.25) is 0 Å². The van der Waals surface area contributed by atoms with E-state index in [9.17, 15) is 4.39 Å². The van der Waals surface area contributed by atoms with E-state index in [-0.39, 0.29) is 12.4 Å². The highest BCUT2D eigenvalue weighted by atomic mass is 35.5. The Labute approximate surface area is 170 Å². The molecule has 6 heteroatoms. The van der Waals surface area contributed by atoms with Gasteiger partial charge in [-0.15, -0.1) is 0 Å². The van der Waals surface area contributed by atoms with Gasteiger partial charge >= 0.3 is 0 Å². The maximum Gasteiger partial charge on any atom is 0.140 e. The van der Waals surface area contributed by atoms with Crippen molar-refractivity contribution >= 4 is 23.6 Å². The third-order valence-corrected chi connectivity index (χ3v) is 5.51. The van der Waals surface area contributed by atoms with Crippen LogP contribution in [0, 0.1) is 19.7 Å². The van der Waals surface area contributed by atoms with Crippen molar-refractivity contribution in [1.29, 1.82) is 0 Å². The average molecular weight is 405 g/mol. The van der Waals surface area contributed by atoms with Crippen LogP contribution in [0.4, 0.5) is 10.1 Å². The Hall–Kier alpha value is -1.95. The molecule has 1 heterocycles. The van der Waals surface area contributed by atoms with E-state index < -0.39 is 5.60 Å². The van der Waals surface area contributed by atoms with Gasteiger partial charge in [0.1, 0.15) is 11.4 Å². The van der Waals surface area contributed by atoms with Crippen molar-refractivity contribution in [3.05, 3.63) is 63.4 Å². The fourth-order valence-corrected chi connectivity index (χ4v) is 3.38. The quantitative estimate of drug-likeness (QED) is 0.472. The van der Waals surface area contributed by atoms with Crippen LogP contribution in [0.2, 0.25) is 5.02 Å². The van der Waals surface area contributed by atoms with Crippen LogP contribution in [0.3, 0.4) is 0 Å². The molecule has 0 amide bonds. The zero-order valence-corrected chi connectivity index (χ0v) is 17.5. The van der Waals surface area contributed by atoms with E-state index in [4.69, 9.17) is 21.1 Å². The fraction of sp³-hybridized carbons (Fsp3) is 0.409. The second kappa shape index (κ2) is 8.60. The molecule has 1 aliphatic heterocycles. The largest absolute Gasteiger partial charge is 0.375 e. The molecule has 0 unspecified atom stereocenters. The molecule has 0 aromatic heterocycles. The van der Waals surface area contributed by atoms with Crippen LogP contribution in [0.15, 0.2) is 35.3 Å². The Balaban J connectivity index is 1.86. The molecule has 0 saturated carbocycles. The molecule has 28 heavy (non-hydrogen) atoms. The first-order chi connectivity index (χ1) is 13.4. The van der Waals surface area contributed by atoms with E-state index in [2.05, 4.69) is 24.0 Å². The highest BCUT2D eigenvalue weighted by Gasteiger charge is 2.43. The van der Waals surface area contributed by atoms with Gasteiger partial charge in [-0.1, -0.05) is 23.7 Å². The summed E-state index contributed by atoms with van der Waals surface area (Å²) in [7, 11) is 1.99. The van der Waals surface area contributed by atoms with Crippen molar-refractivity contribution < 1.29 is 13.9 Å². The van der Waals surface area contributed by atoms with Crippen LogP contribution >= 0.6 is 11.6 Å². The molecular formula is C22H26ClFN2O2. The lowest BCUT2D eigenvalue weighted by atomic mass is 9.86. The summed E-state index contributed by atoms with van der Waals surface area (Å²) < 4.78 is 25.8. The van der Waals surface area contributed by atoms with Gasteiger partial charge in [-0.25, -0.2) is 9.38 Å². The van der Waals surface area contributed by atoms with Crippen LogP contribution in [0.25, 0.3) is 0 Å². The number of halogens is 2. The summed E-state index contributed by atoms with van der Waals surface area (Å²) in [6, 6.07) is 8.81. The summed E-state index contributed by atoms with van der Waals surface area (Å²) in [6.07, 6.45) is 1.83. The maximum atomic E-state index is 14.1. The molecule has 0 aliphatic carbocycles. The third-order valence-electron chi connectivity index (χ3n) is 5.15. The van der Waals surface area contributed by atoms with E-state index in [1.807, 2.05) is 32.1 Å². The molecule has 0 radical (unpaired) electrons. The molecule has 3 rings (SSSR count). The van der Waals surface area contributed by atoms with Gasteiger partial charge in [-0.3, -0.25) is 0 Å². The number of hydrogen-bond acceptors (Lipinski definition) is 3. The Morgan fingerprint density at radius 2 is 2.04 bits per heavy atom. The lowest BCUT2D eigenvalue weighted by molar-refractivity contribution is -0.223. The molecule has 0 spiro atoms. The van der Waals surface area contributed by atoms with Crippen LogP contribution in [0.5, 0.6) is 0 Å². The zero-order chi connectivity index (χ0) is 20.3. The summed E-state index contributed by atoms with van der Waals surface area (Å²) in [5, 5.41) is 0.369. The summed E-state index contributed by atoms with van der Waals surface area (Å²) in [4.78, 5) is 6.60. The molecule has 0 N–H and O–H groups in total. The van der Waals surface area contributed by atoms with Crippen molar-refractivity contribution in [2.75, 3.05) is 26.8 Å². The molecule has 0 bridgehead atoms. The molecule has 2 aromatic rings. The zero-order valence-electron chi connectivity index (χ0n) is 16.8. The Bertz CT molecular complexity index is 861. The van der Waals surface area contributed by atoms with Gasteiger partial charge in [0.15, 0.2) is 0 Å². The standard InChI is InChI=1S/C22H26ClFN2O2/c1-5-26(4)14-25-21-10-15(2)18(9-16(21)3)22(12-27-13-22)28-11-17-19(23)7-6-8-20(17)24/h6-10,14H,5,11-13H2,1-4H3. The Morgan fingerprint density at radius 1 is 1.29 bits per heavy atom. The van der Waals surface area contributed by atoms with Crippen LogP contribution < -0.4 is 0 Å². The number of aryl methyl sites for hydroxylation is 2. The van der Waals surface area contributed by atoms with Crippen LogP contribution in [-0.2, 0) is 21.7 Å². The van der Waals surface area contributed by atoms with Gasteiger partial charge in [0, 0.05) is 24.2 Å². The first-order valence-corrected chi connectivity index (χ1v) is 9.75. The average Bonchev–Trinajstić information content (AvgIpc) is 2.63. The topological polar surface area (TPSA) is 34.1 Å². The summed E-state index contributed by atoms with van der Waals surface area (Å²) in [5.74, 6) is -0.361. The highest BCUT2D eigenvalue weighted by Crippen LogP contribution is 2.39. The molecule has 1 fully saturated rings. The second-order valence-electron chi connectivity index (χ2n) is 7.25. The molecular weight excluding hydrogens is 379 g/mol. The molecule has 1 aliphatic rings. The minimum Gasteiger partial charge on any atom is -0.375 e. The van der Waals surface area contributed by atoms with E-state index in [1.165, 1.54) is 6.07 Å². The smallest absolute Gasteiger partial charge is 0.140 e. The minimum absolute atomic E-state index is 0.0918. The number of nitrogens with zero attached hydrogens (tertiary/aromatic N) is 2. The lowest BCUT2D eigenvalue weighted by Crippen LogP contribution is -2.49. The Morgan fingerprint density at radius 3 is 2.64 bits per heavy atom. The van der Waals surface area contributed by atoms with E-state index in [0.29, 0.717) is 23.8 Å². The molecule has 150 valence electrons. The normalized spacial score (nSPS) is 15.6. The fourth-order valence-electron chi connectivity index (χ4n) is 3.16. The van der Waals surface area contributed by atoms with Crippen LogP contribution in [0.1, 0.15) is 29.2 Å². The highest BCUT2D eigenvalue weighted by molar-refractivity contribution is 6.31. The summed E-state index contributed by atoms with van der Waals surface area (Å²) in [5.41, 5.74) is 3.87. The predicted octanol–water partition coefficient (Wildman–Crippen LogP) is 5.15. The predicted molar refractivity (Wildman–Crippen MR) is 111 cm³/mol. The van der Waals surface area contributed by atoms with Crippen molar-refractivity contribution in [2.24, 2.45) is 4.99 Å². The maximum absolute atomic E-state index is 14.1. The number of benzene rings is 2. The van der Waals surface area contributed by atoms with E-state index in [1.54, 1.807) is 12.1 Å². The third kappa shape index (κ3) is 4.22. The Kier molecular flexibility index (Phi) is 6.38. The second-order valence-corrected chi connectivity index (χ2v) is 7.65. The van der Waals surface area contributed by atoms with Gasteiger partial charge in [-0.05, 0) is 55.7 Å². The van der Waals surface area contributed by atoms with Gasteiger partial charge < -0.3 is 14.4 Å². The van der Waals surface area contributed by atoms with Gasteiger partial charge in [-0.2, -0.15) is 0 Å². The number of hydrogen-bond donors (Lipinski definition) is 0. The molecule has 4 nitrogen and oxygen atoms in total. The van der Waals surface area contributed by atoms with Crippen molar-refractivity contribution in [3.63, 3.8) is 0 Å². The van der Waals surface area contributed by atoms with Crippen LogP contribution in [-0.4, -0.2) is 38.0 Å². The molecule has 1 saturated heterocycles. The minimum atomic E-state index is -0.594. The first-order valence-electron chi connectivity index (χ1n) is 9.37. The van der Waals surface area contributed by atoms with E-state index >= 15 is 0 Å². The molecule has 0 atom stereocenters. The SMILES string of the molecule is CCN(C)C=Nc1cc(C)c(C2(OCc3c(F)cccc3Cl)COC2)cc1C. The summed E-state index contributed by atoms with van der Waals surface area (Å²) in [6.45, 7) is 7.99. The van der Waals surface area contributed by atoms with Gasteiger partial charge in [0.25, 0.3) is 0 Å². The van der Waals surface area contributed by atoms with Crippen molar-refractivity contribution in [1.82, 2.24) is 4.90 Å². The molecule has 2 aromatic carbocycles. The lowest BCUT2D eigenvalue weighted by Gasteiger charge is -2.42. The number of aliphatic imine (C=N–C) groups is 1. The van der Waals surface area contributed by atoms with Crippen molar-refractivity contribution in [3.8, 4) is 0 Å². The first kappa shape index (κ1) is 20.8. The number of rotatable bonds is 7. The van der Waals surface area contributed by atoms with E-state index in [0.717, 1.165) is 28.9 Å². The summed E-state index contributed by atoms with van der Waals surface area (Å²) >= 11 is 6.14. The number of ether oxygens (including phenoxy) is 2.